The van der Waals surface area contributed by atoms with E-state index in [1.807, 2.05) is 17.5 Å². The highest BCUT2D eigenvalue weighted by molar-refractivity contribution is 7.89. The van der Waals surface area contributed by atoms with Crippen molar-refractivity contribution in [2.45, 2.75) is 31.6 Å². The van der Waals surface area contributed by atoms with Crippen molar-refractivity contribution < 1.29 is 17.7 Å². The Balaban J connectivity index is 1.66. The number of anilines is 1. The fraction of sp³-hybridized carbons (Fsp3) is 0.316. The summed E-state index contributed by atoms with van der Waals surface area (Å²) < 4.78 is 32.0. The number of nitrogens with one attached hydrogen (secondary N) is 1. The summed E-state index contributed by atoms with van der Waals surface area (Å²) in [5, 5.41) is 8.62. The zero-order valence-corrected chi connectivity index (χ0v) is 18.9. The van der Waals surface area contributed by atoms with Crippen LogP contribution < -0.4 is 5.32 Å². The van der Waals surface area contributed by atoms with Crippen molar-refractivity contribution in [2.24, 2.45) is 0 Å². The number of carbonyl (C=O) groups excluding carboxylic acids is 1. The van der Waals surface area contributed by atoms with Crippen molar-refractivity contribution in [1.29, 1.82) is 0 Å². The number of hydrogen-bond donors (Lipinski definition) is 1. The summed E-state index contributed by atoms with van der Waals surface area (Å²) >= 11 is 7.61. The monoisotopic (exact) mass is 468 g/mol. The molecular formula is C19H21ClN4O4S2. The van der Waals surface area contributed by atoms with Crippen molar-refractivity contribution in [3.63, 3.8) is 0 Å². The van der Waals surface area contributed by atoms with Crippen molar-refractivity contribution in [3.8, 4) is 10.7 Å². The fourth-order valence-electron chi connectivity index (χ4n) is 2.79. The quantitative estimate of drug-likeness (QED) is 0.507. The van der Waals surface area contributed by atoms with Gasteiger partial charge in [-0.15, -0.1) is 11.3 Å². The van der Waals surface area contributed by atoms with Crippen LogP contribution in [0.1, 0.15) is 26.2 Å². The van der Waals surface area contributed by atoms with Gasteiger partial charge in [-0.2, -0.15) is 9.29 Å². The number of carbonyl (C=O) groups is 1. The number of nitrogens with zero attached hydrogens (tertiary/aromatic N) is 3. The zero-order chi connectivity index (χ0) is 21.7. The van der Waals surface area contributed by atoms with Crippen LogP contribution in [-0.4, -0.2) is 41.9 Å². The highest BCUT2D eigenvalue weighted by Gasteiger charge is 2.25. The Morgan fingerprint density at radius 1 is 1.27 bits per heavy atom. The highest BCUT2D eigenvalue weighted by Crippen LogP contribution is 2.28. The highest BCUT2D eigenvalue weighted by atomic mass is 35.5. The van der Waals surface area contributed by atoms with Gasteiger partial charge in [-0.3, -0.25) is 4.79 Å². The van der Waals surface area contributed by atoms with Crippen molar-refractivity contribution in [2.75, 3.05) is 18.4 Å². The van der Waals surface area contributed by atoms with Gasteiger partial charge in [0, 0.05) is 31.6 Å². The Kier molecular flexibility index (Phi) is 7.24. The van der Waals surface area contributed by atoms with Crippen LogP contribution in [0.4, 0.5) is 5.69 Å². The van der Waals surface area contributed by atoms with Crippen LogP contribution in [0.3, 0.4) is 0 Å². The molecule has 30 heavy (non-hydrogen) atoms. The Labute approximate surface area is 183 Å². The van der Waals surface area contributed by atoms with Gasteiger partial charge in [0.2, 0.25) is 27.6 Å². The molecule has 0 spiro atoms. The molecule has 0 aliphatic heterocycles. The normalized spacial score (nSPS) is 11.7. The van der Waals surface area contributed by atoms with Crippen molar-refractivity contribution in [3.05, 3.63) is 46.6 Å². The summed E-state index contributed by atoms with van der Waals surface area (Å²) in [6.45, 7) is 4.15. The number of aryl methyl sites for hydroxylation is 1. The molecule has 3 rings (SSSR count). The molecule has 0 unspecified atom stereocenters. The summed E-state index contributed by atoms with van der Waals surface area (Å²) in [6.07, 6.45) is 0.370. The minimum absolute atomic E-state index is 0.0387. The maximum Gasteiger partial charge on any atom is 0.244 e. The van der Waals surface area contributed by atoms with Gasteiger partial charge in [-0.25, -0.2) is 8.42 Å². The molecule has 1 aromatic carbocycles. The molecule has 160 valence electrons. The number of benzene rings is 1. The topological polar surface area (TPSA) is 105 Å². The fourth-order valence-corrected chi connectivity index (χ4v) is 5.40. The molecular weight excluding hydrogens is 448 g/mol. The Morgan fingerprint density at radius 3 is 2.70 bits per heavy atom. The third-order valence-corrected chi connectivity index (χ3v) is 7.71. The van der Waals surface area contributed by atoms with Crippen LogP contribution >= 0.6 is 22.9 Å². The van der Waals surface area contributed by atoms with Crippen LogP contribution in [-0.2, 0) is 21.2 Å². The number of amides is 1. The lowest BCUT2D eigenvalue weighted by Crippen LogP contribution is -2.30. The van der Waals surface area contributed by atoms with Gasteiger partial charge in [0.25, 0.3) is 0 Å². The van der Waals surface area contributed by atoms with Gasteiger partial charge >= 0.3 is 0 Å². The van der Waals surface area contributed by atoms with Crippen LogP contribution in [0.2, 0.25) is 5.02 Å². The first kappa shape index (κ1) is 22.4. The number of rotatable bonds is 9. The molecule has 0 saturated carbocycles. The molecule has 0 saturated heterocycles. The van der Waals surface area contributed by atoms with E-state index in [9.17, 15) is 13.2 Å². The second kappa shape index (κ2) is 9.69. The van der Waals surface area contributed by atoms with Crippen molar-refractivity contribution >= 4 is 44.6 Å². The summed E-state index contributed by atoms with van der Waals surface area (Å²) in [5.41, 5.74) is 0.347. The number of thiophene rings is 1. The molecule has 0 fully saturated rings. The van der Waals surface area contributed by atoms with Gasteiger partial charge in [0.1, 0.15) is 4.90 Å². The number of sulfonamides is 1. The van der Waals surface area contributed by atoms with Crippen LogP contribution in [0, 0.1) is 0 Å². The second-order valence-electron chi connectivity index (χ2n) is 6.27. The Morgan fingerprint density at radius 2 is 2.03 bits per heavy atom. The molecule has 2 aromatic heterocycles. The third kappa shape index (κ3) is 5.07. The summed E-state index contributed by atoms with van der Waals surface area (Å²) in [7, 11) is -3.75. The van der Waals surface area contributed by atoms with E-state index in [-0.39, 0.29) is 28.7 Å². The second-order valence-corrected chi connectivity index (χ2v) is 9.53. The predicted molar refractivity (Wildman–Crippen MR) is 116 cm³/mol. The number of aromatic nitrogens is 2. The Bertz CT molecular complexity index is 1110. The van der Waals surface area contributed by atoms with E-state index < -0.39 is 10.0 Å². The first-order valence-electron chi connectivity index (χ1n) is 9.31. The smallest absolute Gasteiger partial charge is 0.244 e. The van der Waals surface area contributed by atoms with Gasteiger partial charge in [-0.05, 0) is 29.6 Å². The molecule has 0 atom stereocenters. The Hall–Kier alpha value is -2.27. The lowest BCUT2D eigenvalue weighted by Gasteiger charge is -2.19. The zero-order valence-electron chi connectivity index (χ0n) is 16.5. The van der Waals surface area contributed by atoms with Crippen LogP contribution in [0.15, 0.2) is 45.1 Å². The summed E-state index contributed by atoms with van der Waals surface area (Å²) in [4.78, 5) is 17.4. The average Bonchev–Trinajstić information content (AvgIpc) is 3.40. The molecule has 8 nitrogen and oxygen atoms in total. The lowest BCUT2D eigenvalue weighted by molar-refractivity contribution is -0.116. The van der Waals surface area contributed by atoms with E-state index in [1.54, 1.807) is 19.9 Å². The van der Waals surface area contributed by atoms with Crippen LogP contribution in [0.5, 0.6) is 0 Å². The maximum atomic E-state index is 12.8. The van der Waals surface area contributed by atoms with E-state index in [1.165, 1.54) is 27.8 Å². The molecule has 11 heteroatoms. The van der Waals surface area contributed by atoms with Crippen LogP contribution in [0.25, 0.3) is 10.7 Å². The molecule has 0 aliphatic carbocycles. The largest absolute Gasteiger partial charge is 0.339 e. The SMILES string of the molecule is CCN(CC)S(=O)(=O)c1cc(NC(=O)CCc2nc(-c3cccs3)no2)ccc1Cl. The standard InChI is InChI=1S/C19H21ClN4O4S2/c1-3-24(4-2)30(26,27)16-12-13(7-8-14(16)20)21-17(25)9-10-18-22-19(23-28-18)15-6-5-11-29-15/h5-8,11-12H,3-4,9-10H2,1-2H3,(H,21,25). The summed E-state index contributed by atoms with van der Waals surface area (Å²) in [6, 6.07) is 8.16. The summed E-state index contributed by atoms with van der Waals surface area (Å²) in [5.74, 6) is 0.540. The molecule has 1 amide bonds. The first-order valence-corrected chi connectivity index (χ1v) is 12.0. The van der Waals surface area contributed by atoms with E-state index in [0.717, 1.165) is 4.88 Å². The predicted octanol–water partition coefficient (Wildman–Crippen LogP) is 4.05. The minimum Gasteiger partial charge on any atom is -0.339 e. The third-order valence-electron chi connectivity index (χ3n) is 4.31. The molecule has 0 bridgehead atoms. The van der Waals surface area contributed by atoms with Gasteiger partial charge < -0.3 is 9.84 Å². The molecule has 2 heterocycles. The van der Waals surface area contributed by atoms with E-state index >= 15 is 0 Å². The maximum absolute atomic E-state index is 12.8. The molecule has 0 aliphatic rings. The van der Waals surface area contributed by atoms with Crippen molar-refractivity contribution in [1.82, 2.24) is 14.4 Å². The number of hydrogen-bond acceptors (Lipinski definition) is 7. The lowest BCUT2D eigenvalue weighted by atomic mass is 10.2. The average molecular weight is 469 g/mol. The van der Waals surface area contributed by atoms with E-state index in [0.29, 0.717) is 30.5 Å². The number of halogens is 1. The van der Waals surface area contributed by atoms with E-state index in [2.05, 4.69) is 15.5 Å². The first-order chi connectivity index (χ1) is 14.3. The van der Waals surface area contributed by atoms with Gasteiger partial charge in [0.05, 0.1) is 9.90 Å². The van der Waals surface area contributed by atoms with Gasteiger partial charge in [0.15, 0.2) is 0 Å². The van der Waals surface area contributed by atoms with E-state index in [4.69, 9.17) is 16.1 Å². The molecule has 3 aromatic rings. The molecule has 0 radical (unpaired) electrons. The molecule has 1 N–H and O–H groups in total. The minimum atomic E-state index is -3.75. The van der Waals surface area contributed by atoms with Gasteiger partial charge in [-0.1, -0.05) is 36.7 Å².